The molecular formula is C14H16ClN3O3S. The molecule has 2 aromatic rings. The summed E-state index contributed by atoms with van der Waals surface area (Å²) in [4.78, 5) is 12.3. The number of carbonyl (C=O) groups is 1. The minimum absolute atomic E-state index is 0.302. The molecule has 22 heavy (non-hydrogen) atoms. The minimum Gasteiger partial charge on any atom is -0.493 e. The van der Waals surface area contributed by atoms with Crippen LogP contribution < -0.4 is 14.8 Å². The maximum atomic E-state index is 12.3. The van der Waals surface area contributed by atoms with Gasteiger partial charge in [-0.1, -0.05) is 29.9 Å². The van der Waals surface area contributed by atoms with E-state index < -0.39 is 0 Å². The number of ether oxygens (including phenoxy) is 2. The Morgan fingerprint density at radius 3 is 2.73 bits per heavy atom. The average molecular weight is 342 g/mol. The molecule has 8 heteroatoms. The van der Waals surface area contributed by atoms with Crippen LogP contribution in [0.3, 0.4) is 0 Å². The quantitative estimate of drug-likeness (QED) is 0.871. The van der Waals surface area contributed by atoms with Gasteiger partial charge in [0, 0.05) is 12.0 Å². The summed E-state index contributed by atoms with van der Waals surface area (Å²) in [5.74, 6) is 0.452. The Balaban J connectivity index is 2.20. The Kier molecular flexibility index (Phi) is 5.57. The molecule has 0 saturated carbocycles. The van der Waals surface area contributed by atoms with Crippen LogP contribution in [0.1, 0.15) is 28.7 Å². The van der Waals surface area contributed by atoms with Crippen LogP contribution in [0.25, 0.3) is 0 Å². The molecule has 0 aliphatic heterocycles. The van der Waals surface area contributed by atoms with Crippen LogP contribution in [-0.2, 0) is 6.42 Å². The number of rotatable bonds is 6. The lowest BCUT2D eigenvalue weighted by atomic mass is 10.2. The van der Waals surface area contributed by atoms with E-state index in [2.05, 4.69) is 22.4 Å². The second-order valence-electron chi connectivity index (χ2n) is 4.40. The summed E-state index contributed by atoms with van der Waals surface area (Å²) >= 11 is 7.45. The number of nitrogens with zero attached hydrogens (tertiary/aromatic N) is 2. The first kappa shape index (κ1) is 16.5. The van der Waals surface area contributed by atoms with Crippen molar-refractivity contribution in [1.29, 1.82) is 0 Å². The first-order chi connectivity index (χ1) is 10.6. The fourth-order valence-corrected chi connectivity index (χ4v) is 2.96. The van der Waals surface area contributed by atoms with E-state index in [4.69, 9.17) is 21.1 Å². The summed E-state index contributed by atoms with van der Waals surface area (Å²) in [7, 11) is 2.97. The van der Waals surface area contributed by atoms with E-state index in [1.54, 1.807) is 6.07 Å². The predicted molar refractivity (Wildman–Crippen MR) is 86.4 cm³/mol. The standard InChI is InChI=1S/C14H16ClN3O3S/c1-4-5-11-17-18-14(22-11)16-13(19)8-6-9(15)12(21-3)10(7-8)20-2/h6-7H,4-5H2,1-3H3,(H,16,18,19). The first-order valence-corrected chi connectivity index (χ1v) is 7.83. The van der Waals surface area contributed by atoms with Crippen LogP contribution in [0.15, 0.2) is 12.1 Å². The van der Waals surface area contributed by atoms with Crippen LogP contribution in [0, 0.1) is 0 Å². The molecule has 0 aliphatic rings. The van der Waals surface area contributed by atoms with Crippen LogP contribution in [-0.4, -0.2) is 30.3 Å². The summed E-state index contributed by atoms with van der Waals surface area (Å²) in [5, 5.41) is 12.3. The zero-order valence-electron chi connectivity index (χ0n) is 12.5. The van der Waals surface area contributed by atoms with E-state index in [1.165, 1.54) is 31.6 Å². The Hall–Kier alpha value is -1.86. The molecular weight excluding hydrogens is 326 g/mol. The number of hydrogen-bond donors (Lipinski definition) is 1. The van der Waals surface area contributed by atoms with E-state index in [0.717, 1.165) is 17.8 Å². The summed E-state index contributed by atoms with van der Waals surface area (Å²) in [6.07, 6.45) is 1.82. The molecule has 0 aliphatic carbocycles. The lowest BCUT2D eigenvalue weighted by molar-refractivity contribution is 0.102. The van der Waals surface area contributed by atoms with Gasteiger partial charge >= 0.3 is 0 Å². The van der Waals surface area contributed by atoms with Crippen molar-refractivity contribution < 1.29 is 14.3 Å². The highest BCUT2D eigenvalue weighted by Gasteiger charge is 2.16. The SMILES string of the molecule is CCCc1nnc(NC(=O)c2cc(Cl)c(OC)c(OC)c2)s1. The molecule has 0 atom stereocenters. The summed E-state index contributed by atoms with van der Waals surface area (Å²) in [5.41, 5.74) is 0.356. The molecule has 0 radical (unpaired) electrons. The number of aromatic nitrogens is 2. The Bertz CT molecular complexity index is 675. The normalized spacial score (nSPS) is 10.4. The molecule has 0 bridgehead atoms. The number of nitrogens with one attached hydrogen (secondary N) is 1. The highest BCUT2D eigenvalue weighted by atomic mass is 35.5. The second-order valence-corrected chi connectivity index (χ2v) is 5.87. The van der Waals surface area contributed by atoms with Gasteiger partial charge in [-0.15, -0.1) is 10.2 Å². The third-order valence-electron chi connectivity index (χ3n) is 2.85. The second kappa shape index (κ2) is 7.42. The van der Waals surface area contributed by atoms with Crippen molar-refractivity contribution in [2.45, 2.75) is 19.8 Å². The fourth-order valence-electron chi connectivity index (χ4n) is 1.84. The van der Waals surface area contributed by atoms with Crippen LogP contribution in [0.4, 0.5) is 5.13 Å². The smallest absolute Gasteiger partial charge is 0.257 e. The molecule has 0 saturated heterocycles. The number of amides is 1. The molecule has 2 rings (SSSR count). The van der Waals surface area contributed by atoms with E-state index in [0.29, 0.717) is 27.2 Å². The van der Waals surface area contributed by atoms with Gasteiger partial charge in [0.05, 0.1) is 19.2 Å². The molecule has 0 fully saturated rings. The van der Waals surface area contributed by atoms with E-state index >= 15 is 0 Å². The zero-order valence-corrected chi connectivity index (χ0v) is 14.0. The van der Waals surface area contributed by atoms with Gasteiger partial charge in [0.2, 0.25) is 5.13 Å². The van der Waals surface area contributed by atoms with Crippen molar-refractivity contribution in [1.82, 2.24) is 10.2 Å². The topological polar surface area (TPSA) is 73.3 Å². The van der Waals surface area contributed by atoms with E-state index in [-0.39, 0.29) is 5.91 Å². The average Bonchev–Trinajstić information content (AvgIpc) is 2.93. The van der Waals surface area contributed by atoms with Gasteiger partial charge in [-0.3, -0.25) is 10.1 Å². The maximum absolute atomic E-state index is 12.3. The van der Waals surface area contributed by atoms with Gasteiger partial charge in [0.25, 0.3) is 5.91 Å². The largest absolute Gasteiger partial charge is 0.493 e. The number of halogens is 1. The van der Waals surface area contributed by atoms with Crippen molar-refractivity contribution >= 4 is 34.0 Å². The summed E-state index contributed by atoms with van der Waals surface area (Å²) < 4.78 is 10.3. The molecule has 0 spiro atoms. The van der Waals surface area contributed by atoms with Gasteiger partial charge in [0.15, 0.2) is 11.5 Å². The van der Waals surface area contributed by atoms with Crippen molar-refractivity contribution in [3.8, 4) is 11.5 Å². The van der Waals surface area contributed by atoms with Gasteiger partial charge in [-0.25, -0.2) is 0 Å². The third kappa shape index (κ3) is 3.66. The molecule has 1 amide bonds. The van der Waals surface area contributed by atoms with Crippen molar-refractivity contribution in [3.63, 3.8) is 0 Å². The summed E-state index contributed by atoms with van der Waals surface area (Å²) in [6, 6.07) is 3.08. The monoisotopic (exact) mass is 341 g/mol. The Morgan fingerprint density at radius 1 is 1.32 bits per heavy atom. The van der Waals surface area contributed by atoms with Crippen LogP contribution in [0.5, 0.6) is 11.5 Å². The fraction of sp³-hybridized carbons (Fsp3) is 0.357. The lowest BCUT2D eigenvalue weighted by Crippen LogP contribution is -2.12. The molecule has 1 aromatic heterocycles. The molecule has 1 N–H and O–H groups in total. The van der Waals surface area contributed by atoms with Gasteiger partial charge in [-0.2, -0.15) is 0 Å². The highest BCUT2D eigenvalue weighted by molar-refractivity contribution is 7.15. The van der Waals surface area contributed by atoms with Crippen molar-refractivity contribution in [2.24, 2.45) is 0 Å². The number of anilines is 1. The first-order valence-electron chi connectivity index (χ1n) is 6.64. The number of hydrogen-bond acceptors (Lipinski definition) is 6. The molecule has 118 valence electrons. The van der Waals surface area contributed by atoms with E-state index in [1.807, 2.05) is 0 Å². The highest BCUT2D eigenvalue weighted by Crippen LogP contribution is 2.36. The molecule has 1 heterocycles. The Labute approximate surface area is 137 Å². The van der Waals surface area contributed by atoms with Crippen LogP contribution >= 0.6 is 22.9 Å². The molecule has 0 unspecified atom stereocenters. The third-order valence-corrected chi connectivity index (χ3v) is 4.03. The van der Waals surface area contributed by atoms with Crippen molar-refractivity contribution in [3.05, 3.63) is 27.7 Å². The number of aryl methyl sites for hydroxylation is 1. The molecule has 6 nitrogen and oxygen atoms in total. The van der Waals surface area contributed by atoms with Gasteiger partial charge < -0.3 is 9.47 Å². The summed E-state index contributed by atoms with van der Waals surface area (Å²) in [6.45, 7) is 2.06. The number of carbonyl (C=O) groups excluding carboxylic acids is 1. The van der Waals surface area contributed by atoms with Gasteiger partial charge in [0.1, 0.15) is 5.01 Å². The van der Waals surface area contributed by atoms with Crippen LogP contribution in [0.2, 0.25) is 5.02 Å². The maximum Gasteiger partial charge on any atom is 0.257 e. The Morgan fingerprint density at radius 2 is 2.09 bits per heavy atom. The van der Waals surface area contributed by atoms with Gasteiger partial charge in [-0.05, 0) is 18.6 Å². The zero-order chi connectivity index (χ0) is 16.1. The predicted octanol–water partition coefficient (Wildman–Crippen LogP) is 3.41. The van der Waals surface area contributed by atoms with E-state index in [9.17, 15) is 4.79 Å². The lowest BCUT2D eigenvalue weighted by Gasteiger charge is -2.11. The number of benzene rings is 1. The van der Waals surface area contributed by atoms with Crippen molar-refractivity contribution in [2.75, 3.05) is 19.5 Å². The number of methoxy groups -OCH3 is 2. The minimum atomic E-state index is -0.331. The molecule has 1 aromatic carbocycles.